The van der Waals surface area contributed by atoms with E-state index in [0.717, 1.165) is 44.5 Å². The molecule has 0 aromatic heterocycles. The van der Waals surface area contributed by atoms with E-state index >= 15 is 0 Å². The number of amides is 1. The number of nitrogens with zero attached hydrogens (tertiary/aromatic N) is 2. The lowest BCUT2D eigenvalue weighted by Crippen LogP contribution is -2.47. The van der Waals surface area contributed by atoms with E-state index in [2.05, 4.69) is 23.6 Å². The molecule has 2 N–H and O–H groups in total. The Morgan fingerprint density at radius 1 is 1.10 bits per heavy atom. The van der Waals surface area contributed by atoms with Crippen LogP contribution >= 0.6 is 0 Å². The Bertz CT molecular complexity index is 1050. The Labute approximate surface area is 241 Å². The summed E-state index contributed by atoms with van der Waals surface area (Å²) in [6.45, 7) is 8.59. The summed E-state index contributed by atoms with van der Waals surface area (Å²) < 4.78 is 38.9. The number of rotatable bonds is 8. The van der Waals surface area contributed by atoms with Crippen LogP contribution in [0.15, 0.2) is 18.2 Å². The summed E-state index contributed by atoms with van der Waals surface area (Å²) in [4.78, 5) is 18.1. The maximum Gasteiger partial charge on any atom is 0.258 e. The van der Waals surface area contributed by atoms with Crippen molar-refractivity contribution in [3.63, 3.8) is 0 Å². The van der Waals surface area contributed by atoms with Gasteiger partial charge in [-0.15, -0.1) is 0 Å². The minimum Gasteiger partial charge on any atom is -0.490 e. The maximum atomic E-state index is 14.1. The molecule has 9 nitrogen and oxygen atoms in total. The third-order valence-corrected chi connectivity index (χ3v) is 8.75. The zero-order valence-electron chi connectivity index (χ0n) is 25.1. The normalized spacial score (nSPS) is 25.1. The van der Waals surface area contributed by atoms with Crippen molar-refractivity contribution in [2.24, 2.45) is 11.8 Å². The molecule has 1 aliphatic heterocycles. The van der Waals surface area contributed by atoms with Gasteiger partial charge in [0.25, 0.3) is 5.91 Å². The first kappa shape index (κ1) is 32.6. The van der Waals surface area contributed by atoms with E-state index < -0.39 is 16.1 Å². The fourth-order valence-corrected chi connectivity index (χ4v) is 6.41. The molecule has 3 rings (SSSR count). The quantitative estimate of drug-likeness (QED) is 0.470. The van der Waals surface area contributed by atoms with Gasteiger partial charge in [0.15, 0.2) is 0 Å². The molecule has 228 valence electrons. The molecule has 0 spiro atoms. The van der Waals surface area contributed by atoms with Crippen molar-refractivity contribution >= 4 is 21.6 Å². The van der Waals surface area contributed by atoms with E-state index in [1.807, 2.05) is 13.8 Å². The molecule has 0 bridgehead atoms. The monoisotopic (exact) mass is 581 g/mol. The van der Waals surface area contributed by atoms with Gasteiger partial charge in [0.2, 0.25) is 10.0 Å². The number of nitrogens with one attached hydrogen (secondary N) is 1. The van der Waals surface area contributed by atoms with E-state index in [0.29, 0.717) is 24.6 Å². The van der Waals surface area contributed by atoms with Crippen LogP contribution in [0.1, 0.15) is 82.5 Å². The lowest BCUT2D eigenvalue weighted by molar-refractivity contribution is -0.0190. The number of anilines is 1. The van der Waals surface area contributed by atoms with E-state index in [9.17, 15) is 18.3 Å². The van der Waals surface area contributed by atoms with Crippen molar-refractivity contribution < 1.29 is 27.8 Å². The number of hydrogen-bond acceptors (Lipinski definition) is 7. The van der Waals surface area contributed by atoms with Gasteiger partial charge in [0.1, 0.15) is 5.75 Å². The first-order valence-corrected chi connectivity index (χ1v) is 16.9. The number of carbonyl (C=O) groups excluding carboxylic acids is 1. The van der Waals surface area contributed by atoms with Crippen LogP contribution in [0.3, 0.4) is 0 Å². The molecule has 10 heteroatoms. The standard InChI is InChI=1S/C30H51N3O6S/c1-22-18-33(23(2)21-34)30(35)27-17-26(31-40(5,36)37)14-15-28(27)39-24(3)11-9-10-16-38-29(22)20-32(4)19-25-12-7-6-8-13-25/h14-15,17,22-25,29,31,34H,6-13,16,18-21H2,1-5H3/t22-,23-,24-,29-/m1/s1. The summed E-state index contributed by atoms with van der Waals surface area (Å²) >= 11 is 0. The highest BCUT2D eigenvalue weighted by atomic mass is 32.2. The Hall–Kier alpha value is -1.88. The minimum absolute atomic E-state index is 0.00955. The number of benzene rings is 1. The molecular weight excluding hydrogens is 530 g/mol. The lowest BCUT2D eigenvalue weighted by Gasteiger charge is -2.36. The first-order valence-electron chi connectivity index (χ1n) is 15.0. The van der Waals surface area contributed by atoms with Crippen molar-refractivity contribution in [2.45, 2.75) is 90.4 Å². The molecule has 1 aromatic carbocycles. The second kappa shape index (κ2) is 15.4. The summed E-state index contributed by atoms with van der Waals surface area (Å²) in [5, 5.41) is 10.1. The van der Waals surface area contributed by atoms with Gasteiger partial charge in [-0.2, -0.15) is 0 Å². The molecule has 1 aliphatic carbocycles. The molecule has 0 saturated heterocycles. The predicted molar refractivity (Wildman–Crippen MR) is 159 cm³/mol. The fourth-order valence-electron chi connectivity index (χ4n) is 5.85. The molecule has 4 atom stereocenters. The van der Waals surface area contributed by atoms with Crippen LogP contribution in [0.2, 0.25) is 0 Å². The van der Waals surface area contributed by atoms with Gasteiger partial charge in [-0.1, -0.05) is 26.2 Å². The van der Waals surface area contributed by atoms with Gasteiger partial charge in [0, 0.05) is 37.8 Å². The number of ether oxygens (including phenoxy) is 2. The van der Waals surface area contributed by atoms with Crippen LogP contribution in [-0.4, -0.2) is 93.6 Å². The molecule has 40 heavy (non-hydrogen) atoms. The Morgan fingerprint density at radius 3 is 2.48 bits per heavy atom. The number of aliphatic hydroxyl groups excluding tert-OH is 1. The fraction of sp³-hybridized carbons (Fsp3) is 0.767. The van der Waals surface area contributed by atoms with E-state index in [1.165, 1.54) is 38.2 Å². The van der Waals surface area contributed by atoms with Crippen molar-refractivity contribution in [1.29, 1.82) is 0 Å². The maximum absolute atomic E-state index is 14.1. The van der Waals surface area contributed by atoms with E-state index in [1.54, 1.807) is 17.0 Å². The average molecular weight is 582 g/mol. The number of likely N-dealkylation sites (N-methyl/N-ethyl adjacent to an activating group) is 1. The second-order valence-corrected chi connectivity index (χ2v) is 13.9. The highest BCUT2D eigenvalue weighted by Gasteiger charge is 2.31. The molecule has 1 fully saturated rings. The molecule has 1 saturated carbocycles. The SMILES string of the molecule is C[C@@H]1CCCCO[C@H](CN(C)CC2CCCCC2)[C@H](C)CN([C@H](C)CO)C(=O)c2cc(NS(C)(=O)=O)ccc2O1. The van der Waals surface area contributed by atoms with Gasteiger partial charge >= 0.3 is 0 Å². The van der Waals surface area contributed by atoms with Gasteiger partial charge < -0.3 is 24.4 Å². The number of sulfonamides is 1. The minimum atomic E-state index is -3.53. The van der Waals surface area contributed by atoms with Crippen molar-refractivity contribution in [2.75, 3.05) is 50.9 Å². The number of hydrogen-bond donors (Lipinski definition) is 2. The highest BCUT2D eigenvalue weighted by Crippen LogP contribution is 2.29. The van der Waals surface area contributed by atoms with Crippen LogP contribution in [-0.2, 0) is 14.8 Å². The van der Waals surface area contributed by atoms with Crippen LogP contribution in [0, 0.1) is 11.8 Å². The zero-order chi connectivity index (χ0) is 29.3. The van der Waals surface area contributed by atoms with Crippen LogP contribution in [0.5, 0.6) is 5.75 Å². The van der Waals surface area contributed by atoms with Gasteiger partial charge in [-0.3, -0.25) is 9.52 Å². The van der Waals surface area contributed by atoms with Gasteiger partial charge in [-0.25, -0.2) is 8.42 Å². The second-order valence-electron chi connectivity index (χ2n) is 12.1. The summed E-state index contributed by atoms with van der Waals surface area (Å²) in [6, 6.07) is 4.35. The van der Waals surface area contributed by atoms with Crippen LogP contribution in [0.25, 0.3) is 0 Å². The van der Waals surface area contributed by atoms with Gasteiger partial charge in [0.05, 0.1) is 36.7 Å². The Balaban J connectivity index is 1.89. The Morgan fingerprint density at radius 2 is 1.80 bits per heavy atom. The van der Waals surface area contributed by atoms with Crippen LogP contribution < -0.4 is 9.46 Å². The van der Waals surface area contributed by atoms with E-state index in [4.69, 9.17) is 9.47 Å². The van der Waals surface area contributed by atoms with E-state index in [-0.39, 0.29) is 36.2 Å². The van der Waals surface area contributed by atoms with Crippen molar-refractivity contribution in [3.05, 3.63) is 23.8 Å². The molecule has 0 radical (unpaired) electrons. The van der Waals surface area contributed by atoms with Crippen LogP contribution in [0.4, 0.5) is 5.69 Å². The molecular formula is C30H51N3O6S. The zero-order valence-corrected chi connectivity index (χ0v) is 25.9. The summed E-state index contributed by atoms with van der Waals surface area (Å²) in [6.07, 6.45) is 10.1. The molecule has 1 aromatic rings. The van der Waals surface area contributed by atoms with Crippen molar-refractivity contribution in [1.82, 2.24) is 9.80 Å². The smallest absolute Gasteiger partial charge is 0.258 e. The summed E-state index contributed by atoms with van der Waals surface area (Å²) in [5.41, 5.74) is 0.569. The molecule has 1 heterocycles. The number of aliphatic hydroxyl groups is 1. The van der Waals surface area contributed by atoms with Gasteiger partial charge in [-0.05, 0) is 77.1 Å². The predicted octanol–water partition coefficient (Wildman–Crippen LogP) is 4.37. The highest BCUT2D eigenvalue weighted by molar-refractivity contribution is 7.92. The van der Waals surface area contributed by atoms with Crippen molar-refractivity contribution in [3.8, 4) is 5.75 Å². The molecule has 0 unspecified atom stereocenters. The number of carbonyl (C=O) groups is 1. The third kappa shape index (κ3) is 10.2. The third-order valence-electron chi connectivity index (χ3n) is 8.14. The average Bonchev–Trinajstić information content (AvgIpc) is 2.90. The number of fused-ring (bicyclic) bond motifs is 1. The summed E-state index contributed by atoms with van der Waals surface area (Å²) in [7, 11) is -1.36. The lowest BCUT2D eigenvalue weighted by atomic mass is 9.89. The summed E-state index contributed by atoms with van der Waals surface area (Å²) in [5.74, 6) is 0.846. The Kier molecular flexibility index (Phi) is 12.5. The topological polar surface area (TPSA) is 108 Å². The molecule has 2 aliphatic rings. The largest absolute Gasteiger partial charge is 0.490 e. The molecule has 1 amide bonds. The first-order chi connectivity index (χ1) is 19.0.